The zero-order chi connectivity index (χ0) is 10.6. The molecule has 0 saturated heterocycles. The summed E-state index contributed by atoms with van der Waals surface area (Å²) in [4.78, 5) is 0.187. The largest absolute Gasteiger partial charge is 0.207 e. The number of benzene rings is 2. The summed E-state index contributed by atoms with van der Waals surface area (Å²) in [5.41, 5.74) is 1.95. The van der Waals surface area contributed by atoms with Crippen LogP contribution < -0.4 is 0 Å². The molecule has 0 unspecified atom stereocenters. The molecule has 0 radical (unpaired) electrons. The molecule has 3 rings (SSSR count). The van der Waals surface area contributed by atoms with E-state index >= 15 is 0 Å². The van der Waals surface area contributed by atoms with Crippen molar-refractivity contribution in [2.45, 2.75) is 9.65 Å². The number of rotatable bonds is 0. The van der Waals surface area contributed by atoms with Crippen LogP contribution in [0.1, 0.15) is 20.8 Å². The maximum Gasteiger partial charge on any atom is 0.128 e. The molecule has 2 atom stereocenters. The predicted molar refractivity (Wildman–Crippen MR) is 67.2 cm³/mol. The molecule has 3 heteroatoms. The fraction of sp³-hybridized carbons (Fsp3) is 0.167. The van der Waals surface area contributed by atoms with Gasteiger partial charge < -0.3 is 0 Å². The van der Waals surface area contributed by atoms with Gasteiger partial charge in [0.1, 0.15) is 5.82 Å². The van der Waals surface area contributed by atoms with Crippen LogP contribution >= 0.6 is 31.9 Å². The van der Waals surface area contributed by atoms with Crippen LogP contribution in [-0.2, 0) is 0 Å². The summed E-state index contributed by atoms with van der Waals surface area (Å²) < 4.78 is 13.7. The van der Waals surface area contributed by atoms with Crippen LogP contribution in [0.4, 0.5) is 4.39 Å². The molecule has 0 N–H and O–H groups in total. The van der Waals surface area contributed by atoms with E-state index in [1.807, 2.05) is 24.3 Å². The number of alkyl halides is 2. The minimum absolute atomic E-state index is 0.0265. The van der Waals surface area contributed by atoms with E-state index in [9.17, 15) is 4.39 Å². The summed E-state index contributed by atoms with van der Waals surface area (Å²) >= 11 is 7.14. The molecule has 76 valence electrons. The first-order valence-corrected chi connectivity index (χ1v) is 6.52. The maximum atomic E-state index is 13.7. The van der Waals surface area contributed by atoms with Gasteiger partial charge in [-0.15, -0.1) is 0 Å². The monoisotopic (exact) mass is 328 g/mol. The molecule has 0 heterocycles. The Morgan fingerprint density at radius 3 is 2.60 bits per heavy atom. The second kappa shape index (κ2) is 3.29. The third-order valence-corrected chi connectivity index (χ3v) is 5.61. The molecule has 0 saturated carbocycles. The zero-order valence-electron chi connectivity index (χ0n) is 7.68. The van der Waals surface area contributed by atoms with Gasteiger partial charge in [-0.05, 0) is 22.4 Å². The molecule has 0 spiro atoms. The highest BCUT2D eigenvalue weighted by molar-refractivity contribution is 9.12. The third-order valence-electron chi connectivity index (χ3n) is 2.89. The quantitative estimate of drug-likeness (QED) is 0.605. The van der Waals surface area contributed by atoms with Crippen molar-refractivity contribution in [1.29, 1.82) is 0 Å². The number of hydrogen-bond acceptors (Lipinski definition) is 0. The van der Waals surface area contributed by atoms with Crippen LogP contribution in [0.15, 0.2) is 30.3 Å². The first-order valence-electron chi connectivity index (χ1n) is 4.69. The lowest BCUT2D eigenvalue weighted by molar-refractivity contribution is 0.614. The van der Waals surface area contributed by atoms with Crippen molar-refractivity contribution in [3.8, 4) is 0 Å². The molecule has 0 aromatic heterocycles. The van der Waals surface area contributed by atoms with E-state index in [2.05, 4.69) is 31.9 Å². The van der Waals surface area contributed by atoms with Crippen molar-refractivity contribution in [2.75, 3.05) is 0 Å². The molecule has 0 nitrogen and oxygen atoms in total. The Morgan fingerprint density at radius 1 is 1.00 bits per heavy atom. The van der Waals surface area contributed by atoms with Crippen LogP contribution in [0.2, 0.25) is 0 Å². The Kier molecular flexibility index (Phi) is 2.15. The van der Waals surface area contributed by atoms with Crippen LogP contribution in [0.5, 0.6) is 0 Å². The molecule has 2 aromatic rings. The molecule has 2 aromatic carbocycles. The molecule has 0 bridgehead atoms. The molecule has 1 aliphatic rings. The van der Waals surface area contributed by atoms with Gasteiger partial charge in [0.2, 0.25) is 0 Å². The van der Waals surface area contributed by atoms with E-state index in [0.717, 1.165) is 16.3 Å². The van der Waals surface area contributed by atoms with Crippen molar-refractivity contribution in [3.63, 3.8) is 0 Å². The number of halogens is 3. The highest BCUT2D eigenvalue weighted by Gasteiger charge is 2.32. The van der Waals surface area contributed by atoms with Crippen LogP contribution in [0, 0.1) is 5.82 Å². The van der Waals surface area contributed by atoms with Gasteiger partial charge in [0.25, 0.3) is 0 Å². The van der Waals surface area contributed by atoms with Gasteiger partial charge in [0.15, 0.2) is 0 Å². The normalized spacial score (nSPS) is 23.7. The SMILES string of the molecule is Fc1ccc2cccc3c2c1[C@H](Br)[C@@H]3Br. The standard InChI is InChI=1S/C12H7Br2F/c13-11-7-3-1-2-6-4-5-8(15)10(9(6)7)12(11)14/h1-5,11-12H/t11-,12+/m1/s1. The first kappa shape index (κ1) is 9.79. The van der Waals surface area contributed by atoms with Crippen molar-refractivity contribution in [2.24, 2.45) is 0 Å². The minimum Gasteiger partial charge on any atom is -0.207 e. The molecule has 0 amide bonds. The maximum absolute atomic E-state index is 13.7. The van der Waals surface area contributed by atoms with E-state index in [1.165, 1.54) is 5.56 Å². The van der Waals surface area contributed by atoms with Crippen LogP contribution in [-0.4, -0.2) is 0 Å². The Morgan fingerprint density at radius 2 is 1.80 bits per heavy atom. The van der Waals surface area contributed by atoms with Gasteiger partial charge in [-0.25, -0.2) is 4.39 Å². The third kappa shape index (κ3) is 1.23. The summed E-state index contributed by atoms with van der Waals surface area (Å²) in [6, 6.07) is 9.46. The predicted octanol–water partition coefficient (Wildman–Crippen LogP) is 4.86. The van der Waals surface area contributed by atoms with E-state index in [1.54, 1.807) is 6.07 Å². The summed E-state index contributed by atoms with van der Waals surface area (Å²) in [6.07, 6.45) is 0. The highest BCUT2D eigenvalue weighted by Crippen LogP contribution is 2.53. The van der Waals surface area contributed by atoms with Gasteiger partial charge >= 0.3 is 0 Å². The molecular weight excluding hydrogens is 323 g/mol. The molecular formula is C12H7Br2F. The molecule has 1 aliphatic carbocycles. The van der Waals surface area contributed by atoms with Gasteiger partial charge in [-0.3, -0.25) is 0 Å². The summed E-state index contributed by atoms with van der Waals surface area (Å²) in [6.45, 7) is 0. The topological polar surface area (TPSA) is 0 Å². The fourth-order valence-corrected chi connectivity index (χ4v) is 3.59. The highest BCUT2D eigenvalue weighted by atomic mass is 79.9. The average Bonchev–Trinajstić information content (AvgIpc) is 2.50. The van der Waals surface area contributed by atoms with Crippen molar-refractivity contribution in [3.05, 3.63) is 47.3 Å². The summed E-state index contributed by atoms with van der Waals surface area (Å²) in [5, 5.41) is 2.16. The Labute approximate surface area is 104 Å². The molecule has 0 aliphatic heterocycles. The van der Waals surface area contributed by atoms with E-state index in [-0.39, 0.29) is 15.5 Å². The van der Waals surface area contributed by atoms with Crippen molar-refractivity contribution in [1.82, 2.24) is 0 Å². The average molecular weight is 330 g/mol. The fourth-order valence-electron chi connectivity index (χ4n) is 2.21. The lowest BCUT2D eigenvalue weighted by Gasteiger charge is -2.07. The van der Waals surface area contributed by atoms with Crippen LogP contribution in [0.3, 0.4) is 0 Å². The second-order valence-electron chi connectivity index (χ2n) is 3.71. The summed E-state index contributed by atoms with van der Waals surface area (Å²) in [7, 11) is 0. The van der Waals surface area contributed by atoms with Gasteiger partial charge in [-0.2, -0.15) is 0 Å². The first-order chi connectivity index (χ1) is 7.20. The van der Waals surface area contributed by atoms with E-state index in [0.29, 0.717) is 0 Å². The van der Waals surface area contributed by atoms with Crippen LogP contribution in [0.25, 0.3) is 10.8 Å². The Hall–Kier alpha value is -0.410. The minimum atomic E-state index is -0.126. The summed E-state index contributed by atoms with van der Waals surface area (Å²) in [5.74, 6) is -0.126. The number of hydrogen-bond donors (Lipinski definition) is 0. The van der Waals surface area contributed by atoms with Gasteiger partial charge in [0, 0.05) is 5.56 Å². The zero-order valence-corrected chi connectivity index (χ0v) is 10.8. The second-order valence-corrected chi connectivity index (χ2v) is 5.68. The van der Waals surface area contributed by atoms with Crippen molar-refractivity contribution >= 4 is 42.6 Å². The Bertz CT molecular complexity index is 551. The molecule has 15 heavy (non-hydrogen) atoms. The van der Waals surface area contributed by atoms with E-state index < -0.39 is 0 Å². The lowest BCUT2D eigenvalue weighted by atomic mass is 10.1. The van der Waals surface area contributed by atoms with Gasteiger partial charge in [0.05, 0.1) is 9.65 Å². The van der Waals surface area contributed by atoms with Crippen molar-refractivity contribution < 1.29 is 4.39 Å². The smallest absolute Gasteiger partial charge is 0.128 e. The Balaban J connectivity index is 2.51. The van der Waals surface area contributed by atoms with E-state index in [4.69, 9.17) is 0 Å². The lowest BCUT2D eigenvalue weighted by Crippen LogP contribution is -1.91. The molecule has 0 fully saturated rings. The van der Waals surface area contributed by atoms with Gasteiger partial charge in [-0.1, -0.05) is 56.1 Å².